The summed E-state index contributed by atoms with van der Waals surface area (Å²) in [6, 6.07) is 65.3. The Morgan fingerprint density at radius 2 is 0.925 bits per heavy atom. The van der Waals surface area contributed by atoms with Crippen LogP contribution < -0.4 is 0 Å². The number of hydrogen-bond acceptors (Lipinski definition) is 2. The van der Waals surface area contributed by atoms with Gasteiger partial charge in [-0.1, -0.05) is 190 Å². The average molecular weight is 677 g/mol. The molecular formula is C51H36N2. The second-order valence-electron chi connectivity index (χ2n) is 14.5. The number of nitrogens with zero attached hydrogens (tertiary/aromatic N) is 2. The van der Waals surface area contributed by atoms with Gasteiger partial charge in [0.15, 0.2) is 5.82 Å². The molecule has 0 bridgehead atoms. The van der Waals surface area contributed by atoms with Gasteiger partial charge in [0.1, 0.15) is 0 Å². The Labute approximate surface area is 310 Å². The fourth-order valence-corrected chi connectivity index (χ4v) is 8.66. The van der Waals surface area contributed by atoms with Crippen molar-refractivity contribution >= 4 is 21.5 Å². The van der Waals surface area contributed by atoms with Crippen LogP contribution in [0, 0.1) is 0 Å². The summed E-state index contributed by atoms with van der Waals surface area (Å²) in [4.78, 5) is 10.7. The smallest absolute Gasteiger partial charge is 0.160 e. The Morgan fingerprint density at radius 3 is 1.70 bits per heavy atom. The van der Waals surface area contributed by atoms with Gasteiger partial charge in [0.25, 0.3) is 0 Å². The van der Waals surface area contributed by atoms with Gasteiger partial charge in [-0.05, 0) is 72.1 Å². The third kappa shape index (κ3) is 5.02. The predicted octanol–water partition coefficient (Wildman–Crippen LogP) is 13.4. The fraction of sp³-hybridized carbons (Fsp3) is 0.0588. The fourth-order valence-electron chi connectivity index (χ4n) is 8.66. The highest BCUT2D eigenvalue weighted by atomic mass is 14.9. The maximum absolute atomic E-state index is 5.34. The van der Waals surface area contributed by atoms with E-state index in [1.807, 2.05) is 6.07 Å². The quantitative estimate of drug-likeness (QED) is 0.181. The monoisotopic (exact) mass is 676 g/mol. The van der Waals surface area contributed by atoms with E-state index in [0.717, 1.165) is 39.2 Å². The van der Waals surface area contributed by atoms with Gasteiger partial charge in [-0.15, -0.1) is 0 Å². The molecule has 8 aromatic carbocycles. The van der Waals surface area contributed by atoms with Crippen molar-refractivity contribution in [1.29, 1.82) is 0 Å². The SMILES string of the molecule is CC1(C)c2ccccc2-c2cccc(-c3ccc(-c4cc(-c5c(-c6ccccc6)ccc6ccccc56)nc(-c5ccccc5)n4)c4ccccc34)c21. The highest BCUT2D eigenvalue weighted by Gasteiger charge is 2.37. The van der Waals surface area contributed by atoms with Crippen LogP contribution in [0.2, 0.25) is 0 Å². The number of hydrogen-bond donors (Lipinski definition) is 0. The van der Waals surface area contributed by atoms with Crippen molar-refractivity contribution in [2.45, 2.75) is 19.3 Å². The van der Waals surface area contributed by atoms with Crippen molar-refractivity contribution in [3.05, 3.63) is 193 Å². The van der Waals surface area contributed by atoms with Crippen molar-refractivity contribution < 1.29 is 0 Å². The predicted molar refractivity (Wildman–Crippen MR) is 222 cm³/mol. The first kappa shape index (κ1) is 31.1. The van der Waals surface area contributed by atoms with E-state index in [4.69, 9.17) is 9.97 Å². The molecule has 0 saturated heterocycles. The van der Waals surface area contributed by atoms with Crippen LogP contribution >= 0.6 is 0 Å². The molecule has 250 valence electrons. The normalized spacial score (nSPS) is 12.9. The van der Waals surface area contributed by atoms with Crippen molar-refractivity contribution in [3.8, 4) is 67.3 Å². The Kier molecular flexibility index (Phi) is 7.19. The molecule has 0 fully saturated rings. The summed E-state index contributed by atoms with van der Waals surface area (Å²) < 4.78 is 0. The van der Waals surface area contributed by atoms with E-state index in [-0.39, 0.29) is 5.41 Å². The molecule has 0 N–H and O–H groups in total. The summed E-state index contributed by atoms with van der Waals surface area (Å²) in [6.45, 7) is 4.73. The molecule has 2 heteroatoms. The van der Waals surface area contributed by atoms with Gasteiger partial charge in [-0.2, -0.15) is 0 Å². The van der Waals surface area contributed by atoms with Crippen molar-refractivity contribution in [1.82, 2.24) is 9.97 Å². The lowest BCUT2D eigenvalue weighted by Gasteiger charge is -2.25. The van der Waals surface area contributed by atoms with E-state index >= 15 is 0 Å². The molecular weight excluding hydrogens is 641 g/mol. The zero-order chi connectivity index (χ0) is 35.5. The van der Waals surface area contributed by atoms with Crippen molar-refractivity contribution in [3.63, 3.8) is 0 Å². The highest BCUT2D eigenvalue weighted by molar-refractivity contribution is 6.08. The van der Waals surface area contributed by atoms with Gasteiger partial charge in [-0.25, -0.2) is 9.97 Å². The topological polar surface area (TPSA) is 25.8 Å². The molecule has 53 heavy (non-hydrogen) atoms. The summed E-state index contributed by atoms with van der Waals surface area (Å²) >= 11 is 0. The van der Waals surface area contributed by atoms with Gasteiger partial charge >= 0.3 is 0 Å². The first-order valence-electron chi connectivity index (χ1n) is 18.3. The van der Waals surface area contributed by atoms with Crippen LogP contribution in [-0.2, 0) is 5.41 Å². The maximum Gasteiger partial charge on any atom is 0.160 e. The van der Waals surface area contributed by atoms with Crippen LogP contribution in [0.3, 0.4) is 0 Å². The molecule has 1 heterocycles. The van der Waals surface area contributed by atoms with E-state index in [1.165, 1.54) is 54.9 Å². The molecule has 0 amide bonds. The molecule has 0 aliphatic heterocycles. The Balaban J connectivity index is 1.22. The van der Waals surface area contributed by atoms with Crippen LogP contribution in [-0.4, -0.2) is 9.97 Å². The van der Waals surface area contributed by atoms with Crippen molar-refractivity contribution in [2.75, 3.05) is 0 Å². The molecule has 9 aromatic rings. The summed E-state index contributed by atoms with van der Waals surface area (Å²) in [5.41, 5.74) is 15.1. The number of benzene rings is 8. The summed E-state index contributed by atoms with van der Waals surface area (Å²) in [6.07, 6.45) is 0. The van der Waals surface area contributed by atoms with Gasteiger partial charge in [0.2, 0.25) is 0 Å². The van der Waals surface area contributed by atoms with Crippen LogP contribution in [0.4, 0.5) is 0 Å². The summed E-state index contributed by atoms with van der Waals surface area (Å²) in [5, 5.41) is 4.72. The molecule has 0 spiro atoms. The van der Waals surface area contributed by atoms with Gasteiger partial charge in [-0.3, -0.25) is 0 Å². The molecule has 0 atom stereocenters. The Hall–Kier alpha value is -6.64. The van der Waals surface area contributed by atoms with E-state index in [9.17, 15) is 0 Å². The van der Waals surface area contributed by atoms with E-state index in [0.29, 0.717) is 5.82 Å². The molecule has 2 nitrogen and oxygen atoms in total. The maximum atomic E-state index is 5.34. The Bertz CT molecular complexity index is 2850. The van der Waals surface area contributed by atoms with E-state index < -0.39 is 0 Å². The second-order valence-corrected chi connectivity index (χ2v) is 14.5. The summed E-state index contributed by atoms with van der Waals surface area (Å²) in [5.74, 6) is 0.707. The lowest BCUT2D eigenvalue weighted by molar-refractivity contribution is 0.662. The van der Waals surface area contributed by atoms with Gasteiger partial charge in [0, 0.05) is 22.1 Å². The lowest BCUT2D eigenvalue weighted by atomic mass is 9.78. The third-order valence-corrected chi connectivity index (χ3v) is 11.1. The average Bonchev–Trinajstić information content (AvgIpc) is 3.46. The van der Waals surface area contributed by atoms with Gasteiger partial charge in [0.05, 0.1) is 11.4 Å². The van der Waals surface area contributed by atoms with Gasteiger partial charge < -0.3 is 0 Å². The van der Waals surface area contributed by atoms with Crippen LogP contribution in [0.15, 0.2) is 182 Å². The lowest BCUT2D eigenvalue weighted by Crippen LogP contribution is -2.16. The number of aromatic nitrogens is 2. The first-order valence-corrected chi connectivity index (χ1v) is 18.3. The summed E-state index contributed by atoms with van der Waals surface area (Å²) in [7, 11) is 0. The largest absolute Gasteiger partial charge is 0.228 e. The van der Waals surface area contributed by atoms with E-state index in [2.05, 4.69) is 190 Å². The Morgan fingerprint density at radius 1 is 0.377 bits per heavy atom. The second kappa shape index (κ2) is 12.3. The molecule has 1 aliphatic rings. The van der Waals surface area contributed by atoms with Crippen LogP contribution in [0.5, 0.6) is 0 Å². The molecule has 10 rings (SSSR count). The number of fused-ring (bicyclic) bond motifs is 5. The van der Waals surface area contributed by atoms with Crippen LogP contribution in [0.1, 0.15) is 25.0 Å². The van der Waals surface area contributed by atoms with Crippen molar-refractivity contribution in [2.24, 2.45) is 0 Å². The zero-order valence-electron chi connectivity index (χ0n) is 29.7. The minimum Gasteiger partial charge on any atom is -0.228 e. The van der Waals surface area contributed by atoms with Crippen LogP contribution in [0.25, 0.3) is 88.8 Å². The molecule has 0 saturated carbocycles. The molecule has 0 radical (unpaired) electrons. The van der Waals surface area contributed by atoms with E-state index in [1.54, 1.807) is 0 Å². The highest BCUT2D eigenvalue weighted by Crippen LogP contribution is 2.53. The zero-order valence-corrected chi connectivity index (χ0v) is 29.7. The minimum absolute atomic E-state index is 0.122. The molecule has 0 unspecified atom stereocenters. The molecule has 1 aliphatic carbocycles. The standard InChI is InChI=1S/C51H36N2/c1-51(2)45-27-14-13-24-41(45)44-26-15-25-43(49(44)51)40-30-31-42(39-23-12-11-22-38(39)40)46-32-47(53-50(52-46)35-19-7-4-8-20-35)48-36-21-10-9-18-34(36)28-29-37(48)33-16-5-3-6-17-33/h3-32H,1-2H3. The number of rotatable bonds is 5. The third-order valence-electron chi connectivity index (χ3n) is 11.1. The minimum atomic E-state index is -0.122. The first-order chi connectivity index (χ1) is 26.1. The molecule has 1 aromatic heterocycles.